The number of ether oxygens (including phenoxy) is 1. The Balaban J connectivity index is 1.53. The molecule has 1 aromatic rings. The minimum Gasteiger partial charge on any atom is -0.372 e. The minimum absolute atomic E-state index is 0.113. The third kappa shape index (κ3) is 4.59. The lowest BCUT2D eigenvalue weighted by Gasteiger charge is -2.39. The second kappa shape index (κ2) is 7.83. The van der Waals surface area contributed by atoms with Gasteiger partial charge in [0, 0.05) is 25.6 Å². The number of rotatable bonds is 3. The van der Waals surface area contributed by atoms with E-state index in [1.54, 1.807) is 6.07 Å². The molecule has 0 spiro atoms. The maximum absolute atomic E-state index is 13.5. The van der Waals surface area contributed by atoms with Gasteiger partial charge in [0.1, 0.15) is 5.82 Å². The molecule has 4 nitrogen and oxygen atoms in total. The minimum atomic E-state index is -0.179. The highest BCUT2D eigenvalue weighted by Crippen LogP contribution is 2.24. The van der Waals surface area contributed by atoms with Crippen molar-refractivity contribution in [2.24, 2.45) is 5.92 Å². The lowest BCUT2D eigenvalue weighted by Crippen LogP contribution is -2.51. The number of hydrogen-bond acceptors (Lipinski definition) is 3. The zero-order valence-corrected chi connectivity index (χ0v) is 15.5. The molecule has 0 unspecified atom stereocenters. The zero-order valence-electron chi connectivity index (χ0n) is 15.5. The second-order valence-corrected chi connectivity index (χ2v) is 7.62. The molecule has 0 aromatic heterocycles. The number of morpholine rings is 1. The van der Waals surface area contributed by atoms with E-state index in [1.165, 1.54) is 6.07 Å². The molecule has 0 aliphatic carbocycles. The van der Waals surface area contributed by atoms with Crippen LogP contribution in [-0.2, 0) is 16.1 Å². The lowest BCUT2D eigenvalue weighted by atomic mass is 9.94. The average molecular weight is 348 g/mol. The van der Waals surface area contributed by atoms with Gasteiger partial charge in [0.15, 0.2) is 0 Å². The number of likely N-dealkylation sites (tertiary alicyclic amines) is 1. The predicted molar refractivity (Wildman–Crippen MR) is 95.7 cm³/mol. The molecule has 5 heteroatoms. The van der Waals surface area contributed by atoms with Gasteiger partial charge in [-0.2, -0.15) is 0 Å². The topological polar surface area (TPSA) is 32.8 Å². The highest BCUT2D eigenvalue weighted by Gasteiger charge is 2.32. The van der Waals surface area contributed by atoms with Crippen molar-refractivity contribution >= 4 is 5.91 Å². The molecule has 2 atom stereocenters. The molecule has 0 radical (unpaired) electrons. The molecule has 2 aliphatic rings. The van der Waals surface area contributed by atoms with Crippen LogP contribution in [0.4, 0.5) is 4.39 Å². The van der Waals surface area contributed by atoms with Gasteiger partial charge in [-0.05, 0) is 70.0 Å². The fraction of sp³-hybridized carbons (Fsp3) is 0.650. The molecular weight excluding hydrogens is 319 g/mol. The number of carbonyl (C=O) groups excluding carboxylic acids is 1. The van der Waals surface area contributed by atoms with Crippen LogP contribution in [0, 0.1) is 18.7 Å². The van der Waals surface area contributed by atoms with Gasteiger partial charge < -0.3 is 9.64 Å². The van der Waals surface area contributed by atoms with E-state index >= 15 is 0 Å². The van der Waals surface area contributed by atoms with Gasteiger partial charge in [-0.15, -0.1) is 0 Å². The number of carbonyl (C=O) groups is 1. The molecule has 2 aliphatic heterocycles. The van der Waals surface area contributed by atoms with Crippen molar-refractivity contribution < 1.29 is 13.9 Å². The molecule has 2 heterocycles. The highest BCUT2D eigenvalue weighted by atomic mass is 19.1. The van der Waals surface area contributed by atoms with Crippen LogP contribution < -0.4 is 0 Å². The summed E-state index contributed by atoms with van der Waals surface area (Å²) in [5.74, 6) is 0.215. The number of nitrogens with zero attached hydrogens (tertiary/aromatic N) is 2. The maximum Gasteiger partial charge on any atom is 0.225 e. The predicted octanol–water partition coefficient (Wildman–Crippen LogP) is 2.98. The van der Waals surface area contributed by atoms with Gasteiger partial charge in [-0.3, -0.25) is 9.69 Å². The number of piperidine rings is 1. The molecule has 0 bridgehead atoms. The summed E-state index contributed by atoms with van der Waals surface area (Å²) in [5, 5.41) is 0. The number of hydrogen-bond donors (Lipinski definition) is 0. The van der Waals surface area contributed by atoms with E-state index in [0.29, 0.717) is 13.1 Å². The van der Waals surface area contributed by atoms with E-state index in [9.17, 15) is 9.18 Å². The number of benzene rings is 1. The van der Waals surface area contributed by atoms with E-state index < -0.39 is 0 Å². The van der Waals surface area contributed by atoms with E-state index in [4.69, 9.17) is 4.74 Å². The Morgan fingerprint density at radius 1 is 1.20 bits per heavy atom. The summed E-state index contributed by atoms with van der Waals surface area (Å²) in [7, 11) is 0. The van der Waals surface area contributed by atoms with Gasteiger partial charge in [0.25, 0.3) is 0 Å². The van der Waals surface area contributed by atoms with Crippen molar-refractivity contribution in [3.05, 3.63) is 35.1 Å². The normalized spacial score (nSPS) is 26.0. The van der Waals surface area contributed by atoms with E-state index in [1.807, 2.05) is 31.7 Å². The molecule has 3 rings (SSSR count). The third-order valence-corrected chi connectivity index (χ3v) is 5.37. The average Bonchev–Trinajstić information content (AvgIpc) is 2.57. The van der Waals surface area contributed by atoms with Crippen molar-refractivity contribution in [2.45, 2.75) is 52.4 Å². The first-order chi connectivity index (χ1) is 11.9. The van der Waals surface area contributed by atoms with E-state index in [0.717, 1.165) is 43.6 Å². The van der Waals surface area contributed by atoms with Crippen LogP contribution in [0.1, 0.15) is 37.8 Å². The summed E-state index contributed by atoms with van der Waals surface area (Å²) in [4.78, 5) is 17.1. The van der Waals surface area contributed by atoms with Crippen LogP contribution in [0.25, 0.3) is 0 Å². The first-order valence-electron chi connectivity index (χ1n) is 9.34. The van der Waals surface area contributed by atoms with Gasteiger partial charge in [0.2, 0.25) is 5.91 Å². The highest BCUT2D eigenvalue weighted by molar-refractivity contribution is 5.79. The van der Waals surface area contributed by atoms with Crippen LogP contribution in [0.5, 0.6) is 0 Å². The Morgan fingerprint density at radius 3 is 2.48 bits per heavy atom. The number of amides is 1. The van der Waals surface area contributed by atoms with E-state index in [2.05, 4.69) is 4.90 Å². The smallest absolute Gasteiger partial charge is 0.225 e. The largest absolute Gasteiger partial charge is 0.372 e. The molecule has 0 saturated carbocycles. The van der Waals surface area contributed by atoms with Gasteiger partial charge in [0.05, 0.1) is 12.2 Å². The van der Waals surface area contributed by atoms with Crippen molar-refractivity contribution in [2.75, 3.05) is 26.2 Å². The fourth-order valence-electron chi connectivity index (χ4n) is 4.01. The van der Waals surface area contributed by atoms with Crippen molar-refractivity contribution in [1.29, 1.82) is 0 Å². The maximum atomic E-state index is 13.5. The van der Waals surface area contributed by atoms with Crippen LogP contribution in [-0.4, -0.2) is 54.1 Å². The summed E-state index contributed by atoms with van der Waals surface area (Å²) in [6, 6.07) is 4.97. The summed E-state index contributed by atoms with van der Waals surface area (Å²) in [5.41, 5.74) is 2.16. The third-order valence-electron chi connectivity index (χ3n) is 5.37. The van der Waals surface area contributed by atoms with Gasteiger partial charge >= 0.3 is 0 Å². The molecular formula is C20H29FN2O2. The first-order valence-corrected chi connectivity index (χ1v) is 9.34. The molecule has 1 amide bonds. The zero-order chi connectivity index (χ0) is 18.0. The Hall–Kier alpha value is -1.46. The Labute approximate surface area is 149 Å². The fourth-order valence-corrected chi connectivity index (χ4v) is 4.01. The Morgan fingerprint density at radius 2 is 1.84 bits per heavy atom. The molecule has 0 N–H and O–H groups in total. The molecule has 25 heavy (non-hydrogen) atoms. The monoisotopic (exact) mass is 348 g/mol. The molecule has 2 saturated heterocycles. The second-order valence-electron chi connectivity index (χ2n) is 7.62. The Kier molecular flexibility index (Phi) is 5.74. The van der Waals surface area contributed by atoms with Crippen molar-refractivity contribution in [3.8, 4) is 0 Å². The quantitative estimate of drug-likeness (QED) is 0.842. The molecule has 138 valence electrons. The SMILES string of the molecule is Cc1ccc(F)cc1CN1CCC(C(=O)N2C[C@@H](C)O[C@H](C)C2)CC1. The number of aryl methyl sites for hydroxylation is 1. The van der Waals surface area contributed by atoms with Crippen molar-refractivity contribution in [3.63, 3.8) is 0 Å². The Bertz CT molecular complexity index is 604. The number of halogens is 1. The standard InChI is InChI=1S/C20H29FN2O2/c1-14-4-5-19(21)10-18(14)13-22-8-6-17(7-9-22)20(24)23-11-15(2)25-16(3)12-23/h4-5,10,15-17H,6-9,11-13H2,1-3H3/t15-,16-/m1/s1. The van der Waals surface area contributed by atoms with Crippen LogP contribution >= 0.6 is 0 Å². The van der Waals surface area contributed by atoms with Crippen LogP contribution in [0.2, 0.25) is 0 Å². The summed E-state index contributed by atoms with van der Waals surface area (Å²) < 4.78 is 19.2. The van der Waals surface area contributed by atoms with Gasteiger partial charge in [-0.25, -0.2) is 4.39 Å². The first kappa shape index (κ1) is 18.3. The summed E-state index contributed by atoms with van der Waals surface area (Å²) in [6.45, 7) is 10.0. The molecule has 2 fully saturated rings. The molecule has 1 aromatic carbocycles. The van der Waals surface area contributed by atoms with Crippen molar-refractivity contribution in [1.82, 2.24) is 9.80 Å². The lowest BCUT2D eigenvalue weighted by molar-refractivity contribution is -0.148. The van der Waals surface area contributed by atoms with Crippen LogP contribution in [0.3, 0.4) is 0 Å². The van der Waals surface area contributed by atoms with E-state index in [-0.39, 0.29) is 29.9 Å². The summed E-state index contributed by atoms with van der Waals surface area (Å²) >= 11 is 0. The van der Waals surface area contributed by atoms with Gasteiger partial charge in [-0.1, -0.05) is 6.07 Å². The van der Waals surface area contributed by atoms with Crippen LogP contribution in [0.15, 0.2) is 18.2 Å². The summed E-state index contributed by atoms with van der Waals surface area (Å²) in [6.07, 6.45) is 1.99.